The molecule has 182 valence electrons. The van der Waals surface area contributed by atoms with Crippen LogP contribution in [0.25, 0.3) is 27.7 Å². The number of nitrogens with one attached hydrogen (secondary N) is 1. The van der Waals surface area contributed by atoms with E-state index in [4.69, 9.17) is 18.6 Å². The summed E-state index contributed by atoms with van der Waals surface area (Å²) in [4.78, 5) is 14.6. The van der Waals surface area contributed by atoms with Crippen molar-refractivity contribution in [3.05, 3.63) is 48.2 Å². The average molecular weight is 467 g/mol. The third-order valence-electron chi connectivity index (χ3n) is 5.52. The van der Waals surface area contributed by atoms with Gasteiger partial charge in [0.2, 0.25) is 5.91 Å². The van der Waals surface area contributed by atoms with Crippen molar-refractivity contribution in [1.82, 2.24) is 10.2 Å². The lowest BCUT2D eigenvalue weighted by atomic mass is 9.99. The maximum absolute atomic E-state index is 12.5. The molecule has 0 atom stereocenters. The van der Waals surface area contributed by atoms with Crippen molar-refractivity contribution in [2.75, 3.05) is 48.0 Å². The Balaban J connectivity index is 1.96. The fourth-order valence-corrected chi connectivity index (χ4v) is 3.80. The summed E-state index contributed by atoms with van der Waals surface area (Å²) in [6, 6.07) is 9.65. The van der Waals surface area contributed by atoms with Gasteiger partial charge in [0.25, 0.3) is 0 Å². The van der Waals surface area contributed by atoms with Gasteiger partial charge in [-0.05, 0) is 70.2 Å². The molecule has 0 unspecified atom stereocenters. The number of carbonyl (C=O) groups excluding carboxylic acids is 1. The van der Waals surface area contributed by atoms with Gasteiger partial charge < -0.3 is 28.8 Å². The quantitative estimate of drug-likeness (QED) is 0.317. The number of furan rings is 1. The van der Waals surface area contributed by atoms with Gasteiger partial charge in [0.05, 0.1) is 27.1 Å². The molecule has 1 amide bonds. The lowest BCUT2D eigenvalue weighted by Crippen LogP contribution is -2.25. The minimum atomic E-state index is -0.119. The maximum Gasteiger partial charge on any atom is 0.244 e. The van der Waals surface area contributed by atoms with E-state index in [1.807, 2.05) is 58.3 Å². The number of hydrogen-bond donors (Lipinski definition) is 1. The minimum absolute atomic E-state index is 0.119. The third kappa shape index (κ3) is 5.91. The van der Waals surface area contributed by atoms with E-state index in [9.17, 15) is 4.79 Å². The first kappa shape index (κ1) is 25.2. The van der Waals surface area contributed by atoms with Gasteiger partial charge in [0, 0.05) is 35.2 Å². The highest BCUT2D eigenvalue weighted by molar-refractivity contribution is 6.00. The fraction of sp³-hybridized carbons (Fsp3) is 0.370. The highest BCUT2D eigenvalue weighted by atomic mass is 16.5. The van der Waals surface area contributed by atoms with Crippen LogP contribution in [0.3, 0.4) is 0 Å². The predicted octanol–water partition coefficient (Wildman–Crippen LogP) is 4.99. The summed E-state index contributed by atoms with van der Waals surface area (Å²) in [5.41, 5.74) is 4.22. The summed E-state index contributed by atoms with van der Waals surface area (Å²) in [5, 5.41) is 3.88. The van der Waals surface area contributed by atoms with Crippen molar-refractivity contribution in [3.63, 3.8) is 0 Å². The van der Waals surface area contributed by atoms with E-state index < -0.39 is 0 Å². The zero-order chi connectivity index (χ0) is 24.7. The summed E-state index contributed by atoms with van der Waals surface area (Å²) < 4.78 is 22.6. The normalized spacial score (nSPS) is 11.7. The molecule has 1 aromatic heterocycles. The number of benzene rings is 2. The number of hydrogen-bond acceptors (Lipinski definition) is 6. The van der Waals surface area contributed by atoms with E-state index in [1.54, 1.807) is 26.6 Å². The molecule has 7 nitrogen and oxygen atoms in total. The molecule has 0 radical (unpaired) electrons. The molecular weight excluding hydrogens is 432 g/mol. The predicted molar refractivity (Wildman–Crippen MR) is 136 cm³/mol. The average Bonchev–Trinajstić information content (AvgIpc) is 3.23. The molecule has 0 aliphatic carbocycles. The molecule has 0 aliphatic rings. The number of rotatable bonds is 11. The number of amides is 1. The van der Waals surface area contributed by atoms with E-state index >= 15 is 0 Å². The first-order chi connectivity index (χ1) is 16.4. The van der Waals surface area contributed by atoms with E-state index in [-0.39, 0.29) is 5.91 Å². The summed E-state index contributed by atoms with van der Waals surface area (Å²) >= 11 is 0. The van der Waals surface area contributed by atoms with Crippen LogP contribution in [0.1, 0.15) is 25.8 Å². The molecule has 1 N–H and O–H groups in total. The number of allylic oxidation sites excluding steroid dienone is 1. The molecule has 0 bridgehead atoms. The van der Waals surface area contributed by atoms with E-state index in [2.05, 4.69) is 10.2 Å². The van der Waals surface area contributed by atoms with Gasteiger partial charge in [0.1, 0.15) is 11.3 Å². The molecule has 0 spiro atoms. The maximum atomic E-state index is 12.5. The Hall–Kier alpha value is -3.45. The van der Waals surface area contributed by atoms with Crippen molar-refractivity contribution >= 4 is 22.4 Å². The molecule has 2 aromatic carbocycles. The monoisotopic (exact) mass is 466 g/mol. The number of fused-ring (bicyclic) bond motifs is 1. The molecule has 0 aliphatic heterocycles. The Kier molecular flexibility index (Phi) is 8.60. The van der Waals surface area contributed by atoms with Crippen LogP contribution in [0.4, 0.5) is 0 Å². The van der Waals surface area contributed by atoms with E-state index in [0.717, 1.165) is 40.6 Å². The molecule has 3 aromatic rings. The second-order valence-corrected chi connectivity index (χ2v) is 8.27. The number of nitrogens with zero attached hydrogens (tertiary/aromatic N) is 1. The molecular formula is C27H34N2O5. The second kappa shape index (κ2) is 11.6. The van der Waals surface area contributed by atoms with E-state index in [0.29, 0.717) is 36.0 Å². The molecule has 34 heavy (non-hydrogen) atoms. The molecule has 1 heterocycles. The molecule has 0 saturated heterocycles. The van der Waals surface area contributed by atoms with Gasteiger partial charge in [-0.3, -0.25) is 4.79 Å². The summed E-state index contributed by atoms with van der Waals surface area (Å²) in [6.45, 7) is 5.91. The number of carbonyl (C=O) groups is 1. The van der Waals surface area contributed by atoms with Gasteiger partial charge in [-0.2, -0.15) is 0 Å². The fourth-order valence-electron chi connectivity index (χ4n) is 3.80. The van der Waals surface area contributed by atoms with Crippen LogP contribution >= 0.6 is 0 Å². The lowest BCUT2D eigenvalue weighted by molar-refractivity contribution is -0.116. The Morgan fingerprint density at radius 1 is 1.09 bits per heavy atom. The first-order valence-electron chi connectivity index (χ1n) is 11.4. The van der Waals surface area contributed by atoms with Crippen LogP contribution in [-0.2, 0) is 4.79 Å². The molecule has 3 rings (SSSR count). The molecule has 0 saturated carbocycles. The standard InChI is InChI=1S/C27H34N2O5/c1-7-33-24-16-25-21(15-20(24)18(2)13-27(30)28-11-8-12-29(3)4)22(17-34-25)19-9-10-23(31-5)26(14-19)32-6/h9-10,13-17H,7-8,11-12H2,1-6H3,(H,28,30)/b18-13+. The Morgan fingerprint density at radius 3 is 2.53 bits per heavy atom. The zero-order valence-corrected chi connectivity index (χ0v) is 20.9. The van der Waals surface area contributed by atoms with Gasteiger partial charge >= 0.3 is 0 Å². The summed E-state index contributed by atoms with van der Waals surface area (Å²) in [7, 11) is 7.26. The van der Waals surface area contributed by atoms with Gasteiger partial charge in [-0.25, -0.2) is 0 Å². The van der Waals surface area contributed by atoms with Gasteiger partial charge in [0.15, 0.2) is 11.5 Å². The molecule has 7 heteroatoms. The zero-order valence-electron chi connectivity index (χ0n) is 20.9. The van der Waals surface area contributed by atoms with Crippen LogP contribution in [0.2, 0.25) is 0 Å². The molecule has 0 fully saturated rings. The van der Waals surface area contributed by atoms with Gasteiger partial charge in [-0.15, -0.1) is 0 Å². The Labute approximate surface area is 201 Å². The van der Waals surface area contributed by atoms with Crippen molar-refractivity contribution in [3.8, 4) is 28.4 Å². The Bertz CT molecular complexity index is 1160. The van der Waals surface area contributed by atoms with Crippen LogP contribution in [0.15, 0.2) is 47.1 Å². The van der Waals surface area contributed by atoms with Crippen molar-refractivity contribution in [1.29, 1.82) is 0 Å². The van der Waals surface area contributed by atoms with Crippen LogP contribution in [0.5, 0.6) is 17.2 Å². The highest BCUT2D eigenvalue weighted by Crippen LogP contribution is 2.40. The largest absolute Gasteiger partial charge is 0.493 e. The van der Waals surface area contributed by atoms with Crippen molar-refractivity contribution in [2.24, 2.45) is 0 Å². The highest BCUT2D eigenvalue weighted by Gasteiger charge is 2.16. The summed E-state index contributed by atoms with van der Waals surface area (Å²) in [5.74, 6) is 1.86. The smallest absolute Gasteiger partial charge is 0.244 e. The number of methoxy groups -OCH3 is 2. The first-order valence-corrected chi connectivity index (χ1v) is 11.4. The van der Waals surface area contributed by atoms with Crippen LogP contribution in [0, 0.1) is 0 Å². The van der Waals surface area contributed by atoms with Gasteiger partial charge in [-0.1, -0.05) is 6.07 Å². The minimum Gasteiger partial charge on any atom is -0.493 e. The summed E-state index contributed by atoms with van der Waals surface area (Å²) in [6.07, 6.45) is 4.24. The third-order valence-corrected chi connectivity index (χ3v) is 5.52. The van der Waals surface area contributed by atoms with Crippen molar-refractivity contribution < 1.29 is 23.4 Å². The second-order valence-electron chi connectivity index (χ2n) is 8.27. The van der Waals surface area contributed by atoms with Crippen LogP contribution in [-0.4, -0.2) is 58.8 Å². The topological polar surface area (TPSA) is 73.2 Å². The van der Waals surface area contributed by atoms with E-state index in [1.165, 1.54) is 0 Å². The Morgan fingerprint density at radius 2 is 1.85 bits per heavy atom. The van der Waals surface area contributed by atoms with Crippen LogP contribution < -0.4 is 19.5 Å². The SMILES string of the molecule is CCOc1cc2occ(-c3ccc(OC)c(OC)c3)c2cc1/C(C)=C/C(=O)NCCCN(C)C. The number of ether oxygens (including phenoxy) is 3. The van der Waals surface area contributed by atoms with Crippen molar-refractivity contribution in [2.45, 2.75) is 20.3 Å². The lowest BCUT2D eigenvalue weighted by Gasteiger charge is -2.12.